The molecule has 2 rings (SSSR count). The van der Waals surface area contributed by atoms with Crippen LogP contribution in [0.2, 0.25) is 15.1 Å². The van der Waals surface area contributed by atoms with Crippen molar-refractivity contribution in [2.45, 2.75) is 26.7 Å². The van der Waals surface area contributed by atoms with Crippen molar-refractivity contribution in [1.82, 2.24) is 9.78 Å². The maximum Gasteiger partial charge on any atom is 0.182 e. The highest BCUT2D eigenvalue weighted by Crippen LogP contribution is 2.33. The number of Topliss-reactive ketones (excluding diaryl/α,β-unsaturated/α-hetero) is 2. The molecule has 0 radical (unpaired) electrons. The molecule has 22 heavy (non-hydrogen) atoms. The van der Waals surface area contributed by atoms with E-state index >= 15 is 0 Å². The number of hydrogen-bond donors (Lipinski definition) is 0. The minimum Gasteiger partial charge on any atom is -0.292 e. The largest absolute Gasteiger partial charge is 0.292 e. The van der Waals surface area contributed by atoms with Gasteiger partial charge in [-0.3, -0.25) is 9.59 Å². The summed E-state index contributed by atoms with van der Waals surface area (Å²) in [7, 11) is 0. The molecule has 0 amide bonds. The lowest BCUT2D eigenvalue weighted by Gasteiger charge is -2.10. The average molecular weight is 360 g/mol. The minimum absolute atomic E-state index is 0.162. The molecule has 0 fully saturated rings. The van der Waals surface area contributed by atoms with Crippen LogP contribution in [0.1, 0.15) is 47.7 Å². The molecular weight excluding hydrogens is 347 g/mol. The normalized spacial score (nSPS) is 10.8. The zero-order chi connectivity index (χ0) is 16.4. The summed E-state index contributed by atoms with van der Waals surface area (Å²) >= 11 is 18.3. The van der Waals surface area contributed by atoms with Crippen LogP contribution in [0.15, 0.2) is 18.2 Å². The Labute approximate surface area is 143 Å². The summed E-state index contributed by atoms with van der Waals surface area (Å²) in [6.45, 7) is 3.46. The number of hydrogen-bond acceptors (Lipinski definition) is 3. The number of aromatic nitrogens is 2. The van der Waals surface area contributed by atoms with Crippen LogP contribution in [0.25, 0.3) is 5.69 Å². The van der Waals surface area contributed by atoms with Crippen LogP contribution in [-0.4, -0.2) is 21.3 Å². The molecule has 1 aromatic carbocycles. The van der Waals surface area contributed by atoms with E-state index in [2.05, 4.69) is 5.10 Å². The van der Waals surface area contributed by atoms with Crippen molar-refractivity contribution in [3.8, 4) is 5.69 Å². The first-order chi connectivity index (χ1) is 10.4. The van der Waals surface area contributed by atoms with Gasteiger partial charge in [-0.1, -0.05) is 48.7 Å². The quantitative estimate of drug-likeness (QED) is 0.704. The molecule has 2 aromatic rings. The highest BCUT2D eigenvalue weighted by Gasteiger charge is 2.21. The van der Waals surface area contributed by atoms with E-state index < -0.39 is 0 Å². The summed E-state index contributed by atoms with van der Waals surface area (Å²) in [6.07, 6.45) is 0.563. The van der Waals surface area contributed by atoms with Crippen LogP contribution < -0.4 is 0 Å². The SMILES string of the molecule is CCC(=O)c1cc(C(=O)CC)n(-c2c(Cl)cc(Cl)cc2Cl)n1. The summed E-state index contributed by atoms with van der Waals surface area (Å²) < 4.78 is 1.32. The van der Waals surface area contributed by atoms with Crippen LogP contribution in [0.4, 0.5) is 0 Å². The zero-order valence-electron chi connectivity index (χ0n) is 12.0. The van der Waals surface area contributed by atoms with Gasteiger partial charge in [-0.25, -0.2) is 4.68 Å². The maximum absolute atomic E-state index is 12.1. The Morgan fingerprint density at radius 3 is 2.05 bits per heavy atom. The minimum atomic E-state index is -0.162. The summed E-state index contributed by atoms with van der Waals surface area (Å²) in [5, 5.41) is 5.08. The van der Waals surface area contributed by atoms with Crippen LogP contribution in [0.5, 0.6) is 0 Å². The summed E-state index contributed by atoms with van der Waals surface area (Å²) in [5.41, 5.74) is 0.812. The van der Waals surface area contributed by atoms with Gasteiger partial charge in [0, 0.05) is 17.9 Å². The highest BCUT2D eigenvalue weighted by molar-refractivity contribution is 6.40. The van der Waals surface area contributed by atoms with Crippen molar-refractivity contribution >= 4 is 46.4 Å². The molecule has 4 nitrogen and oxygen atoms in total. The number of ketones is 2. The smallest absolute Gasteiger partial charge is 0.182 e. The van der Waals surface area contributed by atoms with E-state index in [-0.39, 0.29) is 39.4 Å². The van der Waals surface area contributed by atoms with Crippen molar-refractivity contribution in [2.75, 3.05) is 0 Å². The molecule has 0 saturated carbocycles. The van der Waals surface area contributed by atoms with Crippen LogP contribution in [0.3, 0.4) is 0 Å². The lowest BCUT2D eigenvalue weighted by molar-refractivity contribution is 0.0975. The second-order valence-corrected chi connectivity index (χ2v) is 5.85. The Bertz CT molecular complexity index is 730. The third-order valence-electron chi connectivity index (χ3n) is 3.12. The third kappa shape index (κ3) is 3.19. The molecule has 0 N–H and O–H groups in total. The number of benzene rings is 1. The van der Waals surface area contributed by atoms with E-state index in [4.69, 9.17) is 34.8 Å². The lowest BCUT2D eigenvalue weighted by Crippen LogP contribution is -2.09. The number of carbonyl (C=O) groups is 2. The van der Waals surface area contributed by atoms with Gasteiger partial charge >= 0.3 is 0 Å². The maximum atomic E-state index is 12.1. The first kappa shape index (κ1) is 17.0. The average Bonchev–Trinajstić information content (AvgIpc) is 2.89. The van der Waals surface area contributed by atoms with E-state index in [1.54, 1.807) is 13.8 Å². The number of halogens is 3. The van der Waals surface area contributed by atoms with Gasteiger partial charge in [-0.2, -0.15) is 5.10 Å². The number of rotatable bonds is 5. The molecule has 1 heterocycles. The van der Waals surface area contributed by atoms with Crippen molar-refractivity contribution in [3.05, 3.63) is 44.7 Å². The number of carbonyl (C=O) groups excluding carboxylic acids is 2. The van der Waals surface area contributed by atoms with Gasteiger partial charge in [0.05, 0.1) is 10.0 Å². The molecule has 0 unspecified atom stereocenters. The molecule has 116 valence electrons. The third-order valence-corrected chi connectivity index (χ3v) is 3.91. The predicted octanol–water partition coefficient (Wildman–Crippen LogP) is 5.02. The fraction of sp³-hybridized carbons (Fsp3) is 0.267. The first-order valence-corrected chi connectivity index (χ1v) is 7.83. The first-order valence-electron chi connectivity index (χ1n) is 6.70. The van der Waals surface area contributed by atoms with Gasteiger partial charge in [0.15, 0.2) is 11.6 Å². The van der Waals surface area contributed by atoms with Crippen LogP contribution in [-0.2, 0) is 0 Å². The van der Waals surface area contributed by atoms with Crippen LogP contribution in [0, 0.1) is 0 Å². The predicted molar refractivity (Wildman–Crippen MR) is 87.8 cm³/mol. The molecule has 7 heteroatoms. The second kappa shape index (κ2) is 6.82. The molecule has 0 bridgehead atoms. The summed E-state index contributed by atoms with van der Waals surface area (Å²) in [6, 6.07) is 4.49. The van der Waals surface area contributed by atoms with Gasteiger partial charge in [0.25, 0.3) is 0 Å². The van der Waals surface area contributed by atoms with Crippen molar-refractivity contribution in [2.24, 2.45) is 0 Å². The Morgan fingerprint density at radius 2 is 1.55 bits per heavy atom. The topological polar surface area (TPSA) is 52.0 Å². The van der Waals surface area contributed by atoms with Crippen LogP contribution >= 0.6 is 34.8 Å². The van der Waals surface area contributed by atoms with E-state index in [0.717, 1.165) is 0 Å². The summed E-state index contributed by atoms with van der Waals surface area (Å²) in [4.78, 5) is 24.0. The standard InChI is InChI=1S/C15H13Cl3N2O2/c1-3-13(21)11-7-12(14(22)4-2)20(19-11)15-9(17)5-8(16)6-10(15)18/h5-7H,3-4H2,1-2H3. The fourth-order valence-electron chi connectivity index (χ4n) is 1.99. The molecular formula is C15H13Cl3N2O2. The highest BCUT2D eigenvalue weighted by atomic mass is 35.5. The molecule has 0 atom stereocenters. The molecule has 0 aliphatic rings. The van der Waals surface area contributed by atoms with E-state index in [1.807, 2.05) is 0 Å². The van der Waals surface area contributed by atoms with Crippen molar-refractivity contribution in [3.63, 3.8) is 0 Å². The van der Waals surface area contributed by atoms with Gasteiger partial charge in [0.2, 0.25) is 0 Å². The zero-order valence-corrected chi connectivity index (χ0v) is 14.3. The van der Waals surface area contributed by atoms with Crippen molar-refractivity contribution < 1.29 is 9.59 Å². The molecule has 0 aliphatic carbocycles. The monoisotopic (exact) mass is 358 g/mol. The molecule has 0 spiro atoms. The Morgan fingerprint density at radius 1 is 1.00 bits per heavy atom. The van der Waals surface area contributed by atoms with Gasteiger partial charge < -0.3 is 0 Å². The Hall–Kier alpha value is -1.36. The Kier molecular flexibility index (Phi) is 5.27. The second-order valence-electron chi connectivity index (χ2n) is 4.60. The van der Waals surface area contributed by atoms with Gasteiger partial charge in [-0.05, 0) is 18.2 Å². The number of nitrogens with zero attached hydrogens (tertiary/aromatic N) is 2. The lowest BCUT2D eigenvalue weighted by atomic mass is 10.1. The van der Waals surface area contributed by atoms with E-state index in [1.165, 1.54) is 22.9 Å². The molecule has 1 aromatic heterocycles. The fourth-order valence-corrected chi connectivity index (χ4v) is 2.96. The Balaban J connectivity index is 2.71. The van der Waals surface area contributed by atoms with Gasteiger partial charge in [0.1, 0.15) is 17.1 Å². The van der Waals surface area contributed by atoms with E-state index in [9.17, 15) is 9.59 Å². The van der Waals surface area contributed by atoms with E-state index in [0.29, 0.717) is 17.1 Å². The van der Waals surface area contributed by atoms with Gasteiger partial charge in [-0.15, -0.1) is 0 Å². The van der Waals surface area contributed by atoms with Crippen molar-refractivity contribution in [1.29, 1.82) is 0 Å². The molecule has 0 saturated heterocycles. The summed E-state index contributed by atoms with van der Waals surface area (Å²) in [5.74, 6) is -0.324. The molecule has 0 aliphatic heterocycles.